The van der Waals surface area contributed by atoms with Gasteiger partial charge >= 0.3 is 6.18 Å². The van der Waals surface area contributed by atoms with Crippen molar-refractivity contribution in [3.8, 4) is 5.75 Å². The van der Waals surface area contributed by atoms with Crippen LogP contribution in [0, 0.1) is 11.6 Å². The van der Waals surface area contributed by atoms with E-state index in [1.807, 2.05) is 0 Å². The van der Waals surface area contributed by atoms with Gasteiger partial charge in [0.1, 0.15) is 23.5 Å². The molecule has 1 aliphatic rings. The van der Waals surface area contributed by atoms with E-state index in [0.29, 0.717) is 6.42 Å². The van der Waals surface area contributed by atoms with E-state index < -0.39 is 30.5 Å². The minimum atomic E-state index is -4.26. The lowest BCUT2D eigenvalue weighted by Crippen LogP contribution is -2.33. The summed E-state index contributed by atoms with van der Waals surface area (Å²) in [5.74, 6) is -1.60. The molecule has 1 aromatic rings. The van der Waals surface area contributed by atoms with E-state index in [-0.39, 0.29) is 30.3 Å². The molecular formula is C15H18F5NO. The molecule has 0 bridgehead atoms. The molecule has 1 aliphatic heterocycles. The van der Waals surface area contributed by atoms with Gasteiger partial charge < -0.3 is 4.74 Å². The molecular weight excluding hydrogens is 305 g/mol. The minimum absolute atomic E-state index is 0.0753. The zero-order valence-electron chi connectivity index (χ0n) is 12.4. The summed E-state index contributed by atoms with van der Waals surface area (Å²) in [6.07, 6.45) is -4.37. The van der Waals surface area contributed by atoms with Crippen LogP contribution in [0.4, 0.5) is 22.0 Å². The Kier molecular flexibility index (Phi) is 4.94. The fourth-order valence-electron chi connectivity index (χ4n) is 2.69. The summed E-state index contributed by atoms with van der Waals surface area (Å²) in [6.45, 7) is 2.83. The first-order valence-electron chi connectivity index (χ1n) is 7.10. The van der Waals surface area contributed by atoms with Crippen molar-refractivity contribution in [2.24, 2.45) is 0 Å². The highest BCUT2D eigenvalue weighted by molar-refractivity contribution is 5.38. The van der Waals surface area contributed by atoms with Crippen molar-refractivity contribution >= 4 is 0 Å². The summed E-state index contributed by atoms with van der Waals surface area (Å²) >= 11 is 0. The van der Waals surface area contributed by atoms with Crippen LogP contribution < -0.4 is 4.74 Å². The van der Waals surface area contributed by atoms with E-state index in [4.69, 9.17) is 4.74 Å². The molecule has 0 radical (unpaired) electrons. The van der Waals surface area contributed by atoms with Crippen LogP contribution in [0.25, 0.3) is 0 Å². The van der Waals surface area contributed by atoms with E-state index >= 15 is 0 Å². The third-order valence-electron chi connectivity index (χ3n) is 3.56. The predicted molar refractivity (Wildman–Crippen MR) is 72.0 cm³/mol. The van der Waals surface area contributed by atoms with Crippen LogP contribution in [-0.2, 0) is 0 Å². The maximum absolute atomic E-state index is 13.9. The first-order valence-corrected chi connectivity index (χ1v) is 7.10. The highest BCUT2D eigenvalue weighted by atomic mass is 19.4. The van der Waals surface area contributed by atoms with Crippen LogP contribution in [0.15, 0.2) is 12.1 Å². The number of hydrogen-bond acceptors (Lipinski definition) is 2. The van der Waals surface area contributed by atoms with Gasteiger partial charge in [-0.2, -0.15) is 13.2 Å². The molecule has 0 aliphatic carbocycles. The molecule has 2 rings (SSSR count). The summed E-state index contributed by atoms with van der Waals surface area (Å²) in [5, 5.41) is 0. The molecule has 0 saturated carbocycles. The van der Waals surface area contributed by atoms with Crippen molar-refractivity contribution in [2.45, 2.75) is 38.5 Å². The molecule has 22 heavy (non-hydrogen) atoms. The second kappa shape index (κ2) is 6.40. The van der Waals surface area contributed by atoms with Crippen molar-refractivity contribution in [3.05, 3.63) is 29.3 Å². The van der Waals surface area contributed by atoms with E-state index in [1.165, 1.54) is 4.90 Å². The van der Waals surface area contributed by atoms with Crippen LogP contribution in [0.5, 0.6) is 5.75 Å². The Labute approximate surface area is 125 Å². The largest absolute Gasteiger partial charge is 0.489 e. The van der Waals surface area contributed by atoms with Gasteiger partial charge in [0.15, 0.2) is 0 Å². The van der Waals surface area contributed by atoms with E-state index in [9.17, 15) is 22.0 Å². The van der Waals surface area contributed by atoms with Crippen LogP contribution in [0.2, 0.25) is 0 Å². The van der Waals surface area contributed by atoms with E-state index in [2.05, 4.69) is 0 Å². The van der Waals surface area contributed by atoms with Gasteiger partial charge in [-0.3, -0.25) is 4.90 Å². The van der Waals surface area contributed by atoms with Gasteiger partial charge in [-0.05, 0) is 12.3 Å². The number of hydrogen-bond donors (Lipinski definition) is 0. The molecule has 0 N–H and O–H groups in total. The van der Waals surface area contributed by atoms with Crippen molar-refractivity contribution in [2.75, 3.05) is 19.6 Å². The van der Waals surface area contributed by atoms with Crippen molar-refractivity contribution < 1.29 is 26.7 Å². The third-order valence-corrected chi connectivity index (χ3v) is 3.56. The van der Waals surface area contributed by atoms with Crippen molar-refractivity contribution in [1.29, 1.82) is 0 Å². The Morgan fingerprint density at radius 3 is 2.55 bits per heavy atom. The highest BCUT2D eigenvalue weighted by Crippen LogP contribution is 2.32. The molecule has 0 amide bonds. The molecule has 0 spiro atoms. The molecule has 124 valence electrons. The molecule has 1 heterocycles. The van der Waals surface area contributed by atoms with Gasteiger partial charge in [0.05, 0.1) is 6.54 Å². The zero-order chi connectivity index (χ0) is 16.5. The Morgan fingerprint density at radius 1 is 1.27 bits per heavy atom. The third kappa shape index (κ3) is 4.32. The van der Waals surface area contributed by atoms with Gasteiger partial charge in [0.25, 0.3) is 0 Å². The fraction of sp³-hybridized carbons (Fsp3) is 0.600. The number of nitrogens with zero attached hydrogens (tertiary/aromatic N) is 1. The predicted octanol–water partition coefficient (Wildman–Crippen LogP) is 4.10. The monoisotopic (exact) mass is 323 g/mol. The second-order valence-corrected chi connectivity index (χ2v) is 5.83. The maximum atomic E-state index is 13.9. The van der Waals surface area contributed by atoms with Crippen molar-refractivity contribution in [3.63, 3.8) is 0 Å². The minimum Gasteiger partial charge on any atom is -0.489 e. The Balaban J connectivity index is 2.09. The average molecular weight is 323 g/mol. The molecule has 1 aromatic carbocycles. The second-order valence-electron chi connectivity index (χ2n) is 5.83. The van der Waals surface area contributed by atoms with Crippen LogP contribution >= 0.6 is 0 Å². The quantitative estimate of drug-likeness (QED) is 0.774. The van der Waals surface area contributed by atoms with Gasteiger partial charge in [0.2, 0.25) is 0 Å². The Morgan fingerprint density at radius 2 is 1.95 bits per heavy atom. The number of alkyl halides is 3. The topological polar surface area (TPSA) is 12.5 Å². The lowest BCUT2D eigenvalue weighted by atomic mass is 10.0. The van der Waals surface area contributed by atoms with Gasteiger partial charge in [0, 0.05) is 30.8 Å². The Hall–Kier alpha value is -1.37. The van der Waals surface area contributed by atoms with Gasteiger partial charge in [-0.1, -0.05) is 13.8 Å². The standard InChI is InChI=1S/C15H18F5NO/c1-9(2)14-12(17)5-10(16)6-13(14)22-11-3-4-21(7-11)8-15(18,19)20/h5-6,9,11H,3-4,7-8H2,1-2H3. The maximum Gasteiger partial charge on any atom is 0.401 e. The fourth-order valence-corrected chi connectivity index (χ4v) is 2.69. The first kappa shape index (κ1) is 17.0. The van der Waals surface area contributed by atoms with Crippen LogP contribution in [-0.4, -0.2) is 36.8 Å². The molecule has 1 unspecified atom stereocenters. The average Bonchev–Trinajstić information content (AvgIpc) is 2.72. The number of rotatable bonds is 4. The molecule has 0 aromatic heterocycles. The van der Waals surface area contributed by atoms with Crippen LogP contribution in [0.1, 0.15) is 31.7 Å². The van der Waals surface area contributed by atoms with Crippen LogP contribution in [0.3, 0.4) is 0 Å². The Bertz CT molecular complexity index is 529. The van der Waals surface area contributed by atoms with Crippen molar-refractivity contribution in [1.82, 2.24) is 4.90 Å². The molecule has 1 fully saturated rings. The van der Waals surface area contributed by atoms with E-state index in [1.54, 1.807) is 13.8 Å². The summed E-state index contributed by atoms with van der Waals surface area (Å²) in [4.78, 5) is 1.23. The summed E-state index contributed by atoms with van der Waals surface area (Å²) in [7, 11) is 0. The SMILES string of the molecule is CC(C)c1c(F)cc(F)cc1OC1CCN(CC(F)(F)F)C1. The summed E-state index contributed by atoms with van der Waals surface area (Å²) < 4.78 is 69.9. The van der Waals surface area contributed by atoms with Gasteiger partial charge in [-0.15, -0.1) is 0 Å². The number of likely N-dealkylation sites (tertiary alicyclic amines) is 1. The highest BCUT2D eigenvalue weighted by Gasteiger charge is 2.35. The molecule has 2 nitrogen and oxygen atoms in total. The first-order chi connectivity index (χ1) is 10.2. The molecule has 7 heteroatoms. The summed E-state index contributed by atoms with van der Waals surface area (Å²) in [5.41, 5.74) is 0.246. The van der Waals surface area contributed by atoms with E-state index in [0.717, 1.165) is 12.1 Å². The summed E-state index contributed by atoms with van der Waals surface area (Å²) in [6, 6.07) is 1.87. The zero-order valence-corrected chi connectivity index (χ0v) is 12.4. The number of halogens is 5. The normalized spacial score (nSPS) is 19.9. The van der Waals surface area contributed by atoms with Gasteiger partial charge in [-0.25, -0.2) is 8.78 Å². The smallest absolute Gasteiger partial charge is 0.401 e. The molecule has 1 saturated heterocycles. The number of benzene rings is 1. The molecule has 1 atom stereocenters. The lowest BCUT2D eigenvalue weighted by molar-refractivity contribution is -0.144. The lowest BCUT2D eigenvalue weighted by Gasteiger charge is -2.20. The number of ether oxygens (including phenoxy) is 1.